The van der Waals surface area contributed by atoms with Gasteiger partial charge < -0.3 is 15.8 Å². The number of hydrogen-bond donors (Lipinski definition) is 2. The molecule has 0 radical (unpaired) electrons. The summed E-state index contributed by atoms with van der Waals surface area (Å²) in [5.41, 5.74) is 5.70. The average Bonchev–Trinajstić information content (AvgIpc) is 2.92. The number of rotatable bonds is 7. The quantitative estimate of drug-likeness (QED) is 0.758. The smallest absolute Gasteiger partial charge is 0.220 e. The van der Waals surface area contributed by atoms with Crippen LogP contribution in [0.4, 0.5) is 4.39 Å². The van der Waals surface area contributed by atoms with E-state index in [0.29, 0.717) is 37.7 Å². The van der Waals surface area contributed by atoms with Crippen molar-refractivity contribution in [3.05, 3.63) is 30.1 Å². The Kier molecular flexibility index (Phi) is 5.99. The number of ether oxygens (including phenoxy) is 1. The molecule has 1 aromatic carbocycles. The van der Waals surface area contributed by atoms with Gasteiger partial charge in [-0.15, -0.1) is 0 Å². The second-order valence-corrected chi connectivity index (χ2v) is 5.51. The Morgan fingerprint density at radius 3 is 2.81 bits per heavy atom. The SMILES string of the molecule is NCC1CCCC1NC(=O)CCCOc1ccc(F)cc1. The molecule has 1 saturated carbocycles. The summed E-state index contributed by atoms with van der Waals surface area (Å²) >= 11 is 0. The van der Waals surface area contributed by atoms with Crippen molar-refractivity contribution in [1.82, 2.24) is 5.32 Å². The van der Waals surface area contributed by atoms with Crippen molar-refractivity contribution in [3.8, 4) is 5.75 Å². The number of amides is 1. The Morgan fingerprint density at radius 2 is 2.10 bits per heavy atom. The first-order chi connectivity index (χ1) is 10.2. The molecule has 0 heterocycles. The molecule has 1 aliphatic carbocycles. The standard InChI is InChI=1S/C16H23FN2O2/c17-13-6-8-14(9-7-13)21-10-2-5-16(20)19-15-4-1-3-12(15)11-18/h6-9,12,15H,1-5,10-11,18H2,(H,19,20). The largest absolute Gasteiger partial charge is 0.494 e. The van der Waals surface area contributed by atoms with E-state index >= 15 is 0 Å². The van der Waals surface area contributed by atoms with Crippen LogP contribution in [0.1, 0.15) is 32.1 Å². The summed E-state index contributed by atoms with van der Waals surface area (Å²) in [6.07, 6.45) is 4.35. The molecule has 5 heteroatoms. The van der Waals surface area contributed by atoms with Gasteiger partial charge in [0.15, 0.2) is 0 Å². The molecule has 3 N–H and O–H groups in total. The van der Waals surface area contributed by atoms with Crippen LogP contribution in [-0.4, -0.2) is 25.1 Å². The Balaban J connectivity index is 1.62. The van der Waals surface area contributed by atoms with Crippen LogP contribution in [0.5, 0.6) is 5.75 Å². The predicted octanol–water partition coefficient (Wildman–Crippen LogP) is 2.23. The van der Waals surface area contributed by atoms with Crippen molar-refractivity contribution < 1.29 is 13.9 Å². The molecule has 21 heavy (non-hydrogen) atoms. The van der Waals surface area contributed by atoms with Crippen LogP contribution < -0.4 is 15.8 Å². The molecule has 0 spiro atoms. The molecular formula is C16H23FN2O2. The summed E-state index contributed by atoms with van der Waals surface area (Å²) in [7, 11) is 0. The lowest BCUT2D eigenvalue weighted by molar-refractivity contribution is -0.122. The van der Waals surface area contributed by atoms with Gasteiger partial charge in [-0.25, -0.2) is 4.39 Å². The summed E-state index contributed by atoms with van der Waals surface area (Å²) in [5, 5.41) is 3.06. The third kappa shape index (κ3) is 5.01. The zero-order valence-corrected chi connectivity index (χ0v) is 12.2. The monoisotopic (exact) mass is 294 g/mol. The van der Waals surface area contributed by atoms with E-state index in [0.717, 1.165) is 19.3 Å². The summed E-state index contributed by atoms with van der Waals surface area (Å²) in [6, 6.07) is 6.12. The molecule has 2 unspecified atom stereocenters. The third-order valence-electron chi connectivity index (χ3n) is 3.94. The molecule has 0 aromatic heterocycles. The van der Waals surface area contributed by atoms with Gasteiger partial charge >= 0.3 is 0 Å². The van der Waals surface area contributed by atoms with Crippen molar-refractivity contribution in [2.24, 2.45) is 11.7 Å². The summed E-state index contributed by atoms with van der Waals surface area (Å²) in [5.74, 6) is 0.816. The maximum atomic E-state index is 12.7. The predicted molar refractivity (Wildman–Crippen MR) is 79.5 cm³/mol. The van der Waals surface area contributed by atoms with Crippen molar-refractivity contribution >= 4 is 5.91 Å². The van der Waals surface area contributed by atoms with Crippen molar-refractivity contribution in [2.45, 2.75) is 38.1 Å². The fraction of sp³-hybridized carbons (Fsp3) is 0.562. The zero-order valence-electron chi connectivity index (χ0n) is 12.2. The molecule has 2 atom stereocenters. The first-order valence-corrected chi connectivity index (χ1v) is 7.57. The summed E-state index contributed by atoms with van der Waals surface area (Å²) in [4.78, 5) is 11.9. The van der Waals surface area contributed by atoms with Gasteiger partial charge in [0.2, 0.25) is 5.91 Å². The maximum Gasteiger partial charge on any atom is 0.220 e. The first-order valence-electron chi connectivity index (χ1n) is 7.57. The highest BCUT2D eigenvalue weighted by molar-refractivity contribution is 5.76. The number of nitrogens with one attached hydrogen (secondary N) is 1. The van der Waals surface area contributed by atoms with E-state index < -0.39 is 0 Å². The highest BCUT2D eigenvalue weighted by atomic mass is 19.1. The van der Waals surface area contributed by atoms with E-state index in [9.17, 15) is 9.18 Å². The average molecular weight is 294 g/mol. The highest BCUT2D eigenvalue weighted by Gasteiger charge is 2.26. The van der Waals surface area contributed by atoms with Gasteiger partial charge in [-0.2, -0.15) is 0 Å². The molecule has 2 rings (SSSR count). The fourth-order valence-corrected chi connectivity index (χ4v) is 2.74. The topological polar surface area (TPSA) is 64.3 Å². The fourth-order valence-electron chi connectivity index (χ4n) is 2.74. The number of carbonyl (C=O) groups excluding carboxylic acids is 1. The molecule has 1 fully saturated rings. The van der Waals surface area contributed by atoms with E-state index in [1.807, 2.05) is 0 Å². The Hall–Kier alpha value is -1.62. The van der Waals surface area contributed by atoms with Crippen LogP contribution in [0.3, 0.4) is 0 Å². The Labute approximate surface area is 124 Å². The molecular weight excluding hydrogens is 271 g/mol. The van der Waals surface area contributed by atoms with Crippen molar-refractivity contribution in [3.63, 3.8) is 0 Å². The minimum atomic E-state index is -0.284. The normalized spacial score (nSPS) is 21.2. The number of hydrogen-bond acceptors (Lipinski definition) is 3. The number of benzene rings is 1. The second-order valence-electron chi connectivity index (χ2n) is 5.51. The third-order valence-corrected chi connectivity index (χ3v) is 3.94. The molecule has 1 amide bonds. The van der Waals surface area contributed by atoms with Gasteiger partial charge in [0, 0.05) is 12.5 Å². The van der Waals surface area contributed by atoms with Gasteiger partial charge in [-0.1, -0.05) is 6.42 Å². The van der Waals surface area contributed by atoms with E-state index in [1.54, 1.807) is 12.1 Å². The Bertz CT molecular complexity index is 450. The van der Waals surface area contributed by atoms with Gasteiger partial charge in [0.05, 0.1) is 6.61 Å². The van der Waals surface area contributed by atoms with E-state index in [-0.39, 0.29) is 17.8 Å². The molecule has 0 bridgehead atoms. The van der Waals surface area contributed by atoms with Crippen molar-refractivity contribution in [1.29, 1.82) is 0 Å². The lowest BCUT2D eigenvalue weighted by Gasteiger charge is -2.19. The van der Waals surface area contributed by atoms with Crippen LogP contribution in [0, 0.1) is 11.7 Å². The lowest BCUT2D eigenvalue weighted by Crippen LogP contribution is -2.39. The molecule has 0 aliphatic heterocycles. The zero-order chi connectivity index (χ0) is 15.1. The van der Waals surface area contributed by atoms with Gasteiger partial charge in [-0.3, -0.25) is 4.79 Å². The highest BCUT2D eigenvalue weighted by Crippen LogP contribution is 2.24. The van der Waals surface area contributed by atoms with Gasteiger partial charge in [0.25, 0.3) is 0 Å². The Morgan fingerprint density at radius 1 is 1.33 bits per heavy atom. The van der Waals surface area contributed by atoms with Crippen LogP contribution in [0.25, 0.3) is 0 Å². The van der Waals surface area contributed by atoms with Crippen LogP contribution in [0.15, 0.2) is 24.3 Å². The van der Waals surface area contributed by atoms with E-state index in [4.69, 9.17) is 10.5 Å². The molecule has 0 saturated heterocycles. The van der Waals surface area contributed by atoms with Crippen LogP contribution in [-0.2, 0) is 4.79 Å². The summed E-state index contributed by atoms with van der Waals surface area (Å²) < 4.78 is 18.2. The summed E-state index contributed by atoms with van der Waals surface area (Å²) in [6.45, 7) is 1.09. The molecule has 116 valence electrons. The number of carbonyl (C=O) groups is 1. The first kappa shape index (κ1) is 15.8. The second kappa shape index (κ2) is 7.98. The lowest BCUT2D eigenvalue weighted by atomic mass is 10.0. The van der Waals surface area contributed by atoms with Gasteiger partial charge in [0.1, 0.15) is 11.6 Å². The number of nitrogens with two attached hydrogens (primary N) is 1. The minimum absolute atomic E-state index is 0.0584. The van der Waals surface area contributed by atoms with Crippen LogP contribution in [0.2, 0.25) is 0 Å². The van der Waals surface area contributed by atoms with E-state index in [1.165, 1.54) is 12.1 Å². The maximum absolute atomic E-state index is 12.7. The van der Waals surface area contributed by atoms with Crippen molar-refractivity contribution in [2.75, 3.05) is 13.2 Å². The minimum Gasteiger partial charge on any atom is -0.494 e. The molecule has 1 aliphatic rings. The molecule has 4 nitrogen and oxygen atoms in total. The van der Waals surface area contributed by atoms with Crippen LogP contribution >= 0.6 is 0 Å². The van der Waals surface area contributed by atoms with E-state index in [2.05, 4.69) is 5.32 Å². The van der Waals surface area contributed by atoms with Gasteiger partial charge in [-0.05, 0) is 56.0 Å². The number of halogens is 1. The molecule has 1 aromatic rings.